The van der Waals surface area contributed by atoms with Crippen LogP contribution in [0.1, 0.15) is 41.0 Å². The standard InChI is InChI=1S/C13H23NO3/c1-9-6-7-14(8-11(9)10(2)15)12(16)17-13(3,4)5/h9,11H,6-8H2,1-5H3/t9-,11-/m1/s1. The Morgan fingerprint density at radius 3 is 2.35 bits per heavy atom. The molecule has 1 aliphatic heterocycles. The van der Waals surface area contributed by atoms with Gasteiger partial charge in [-0.3, -0.25) is 4.79 Å². The van der Waals surface area contributed by atoms with Crippen molar-refractivity contribution in [3.63, 3.8) is 0 Å². The highest BCUT2D eigenvalue weighted by Crippen LogP contribution is 2.25. The van der Waals surface area contributed by atoms with E-state index in [1.165, 1.54) is 0 Å². The molecule has 98 valence electrons. The molecule has 0 N–H and O–H groups in total. The number of hydrogen-bond donors (Lipinski definition) is 0. The first kappa shape index (κ1) is 14.0. The smallest absolute Gasteiger partial charge is 0.410 e. The van der Waals surface area contributed by atoms with E-state index in [4.69, 9.17) is 4.74 Å². The third-order valence-corrected chi connectivity index (χ3v) is 3.13. The molecule has 0 aliphatic carbocycles. The second-order valence-electron chi connectivity index (χ2n) is 5.91. The van der Waals surface area contributed by atoms with Crippen LogP contribution < -0.4 is 0 Å². The van der Waals surface area contributed by atoms with Crippen LogP contribution in [0, 0.1) is 11.8 Å². The molecule has 0 unspecified atom stereocenters. The minimum Gasteiger partial charge on any atom is -0.444 e. The van der Waals surface area contributed by atoms with Gasteiger partial charge >= 0.3 is 6.09 Å². The molecule has 0 saturated carbocycles. The fourth-order valence-electron chi connectivity index (χ4n) is 2.09. The topological polar surface area (TPSA) is 46.6 Å². The Labute approximate surface area is 103 Å². The molecule has 1 rings (SSSR count). The molecule has 1 aliphatic rings. The molecule has 0 aromatic heterocycles. The van der Waals surface area contributed by atoms with Gasteiger partial charge in [0.25, 0.3) is 0 Å². The number of carbonyl (C=O) groups is 2. The largest absolute Gasteiger partial charge is 0.444 e. The molecule has 0 radical (unpaired) electrons. The van der Waals surface area contributed by atoms with Crippen LogP contribution in [-0.4, -0.2) is 35.5 Å². The lowest BCUT2D eigenvalue weighted by Crippen LogP contribution is -2.47. The van der Waals surface area contributed by atoms with Crippen LogP contribution in [0.3, 0.4) is 0 Å². The lowest BCUT2D eigenvalue weighted by atomic mass is 9.85. The summed E-state index contributed by atoms with van der Waals surface area (Å²) in [5.41, 5.74) is -0.480. The number of ether oxygens (including phenoxy) is 1. The molecular formula is C13H23NO3. The van der Waals surface area contributed by atoms with Crippen LogP contribution in [0.25, 0.3) is 0 Å². The fraction of sp³-hybridized carbons (Fsp3) is 0.846. The van der Waals surface area contributed by atoms with Gasteiger partial charge in [-0.1, -0.05) is 6.92 Å². The highest BCUT2D eigenvalue weighted by Gasteiger charge is 2.33. The average molecular weight is 241 g/mol. The number of carbonyl (C=O) groups excluding carboxylic acids is 2. The first-order valence-electron chi connectivity index (χ1n) is 6.19. The second kappa shape index (κ2) is 5.07. The molecule has 17 heavy (non-hydrogen) atoms. The lowest BCUT2D eigenvalue weighted by molar-refractivity contribution is -0.123. The summed E-state index contributed by atoms with van der Waals surface area (Å²) < 4.78 is 5.32. The summed E-state index contributed by atoms with van der Waals surface area (Å²) in [6, 6.07) is 0. The summed E-state index contributed by atoms with van der Waals surface area (Å²) in [5, 5.41) is 0. The van der Waals surface area contributed by atoms with Crippen molar-refractivity contribution in [1.82, 2.24) is 4.90 Å². The van der Waals surface area contributed by atoms with Crippen molar-refractivity contribution in [3.05, 3.63) is 0 Å². The van der Waals surface area contributed by atoms with E-state index < -0.39 is 5.60 Å². The molecule has 1 heterocycles. The quantitative estimate of drug-likeness (QED) is 0.708. The summed E-state index contributed by atoms with van der Waals surface area (Å²) in [7, 11) is 0. The van der Waals surface area contributed by atoms with Crippen LogP contribution in [0.4, 0.5) is 4.79 Å². The first-order chi connectivity index (χ1) is 7.70. The average Bonchev–Trinajstić information content (AvgIpc) is 2.14. The Kier molecular flexibility index (Phi) is 4.17. The Balaban J connectivity index is 2.62. The van der Waals surface area contributed by atoms with Crippen molar-refractivity contribution in [2.24, 2.45) is 11.8 Å². The number of Topliss-reactive ketones (excluding diaryl/α,β-unsaturated/α-hetero) is 1. The van der Waals surface area contributed by atoms with Crippen LogP contribution in [0.5, 0.6) is 0 Å². The van der Waals surface area contributed by atoms with E-state index in [9.17, 15) is 9.59 Å². The normalized spacial score (nSPS) is 25.6. The van der Waals surface area contributed by atoms with Gasteiger partial charge in [0.15, 0.2) is 0 Å². The molecule has 0 bridgehead atoms. The van der Waals surface area contributed by atoms with Gasteiger partial charge in [-0.25, -0.2) is 4.79 Å². The summed E-state index contributed by atoms with van der Waals surface area (Å²) >= 11 is 0. The van der Waals surface area contributed by atoms with Gasteiger partial charge in [-0.05, 0) is 40.0 Å². The number of amides is 1. The van der Waals surface area contributed by atoms with Gasteiger partial charge in [0.1, 0.15) is 11.4 Å². The summed E-state index contributed by atoms with van der Waals surface area (Å²) in [6.07, 6.45) is 0.555. The maximum absolute atomic E-state index is 11.9. The van der Waals surface area contributed by atoms with Crippen molar-refractivity contribution in [2.45, 2.75) is 46.6 Å². The van der Waals surface area contributed by atoms with Crippen molar-refractivity contribution < 1.29 is 14.3 Å². The van der Waals surface area contributed by atoms with Crippen LogP contribution in [0.15, 0.2) is 0 Å². The van der Waals surface area contributed by atoms with Crippen LogP contribution >= 0.6 is 0 Å². The molecular weight excluding hydrogens is 218 g/mol. The van der Waals surface area contributed by atoms with E-state index in [2.05, 4.69) is 6.92 Å². The zero-order valence-corrected chi connectivity index (χ0v) is 11.4. The highest BCUT2D eigenvalue weighted by molar-refractivity contribution is 5.80. The fourth-order valence-corrected chi connectivity index (χ4v) is 2.09. The molecule has 2 atom stereocenters. The first-order valence-corrected chi connectivity index (χ1v) is 6.19. The molecule has 4 nitrogen and oxygen atoms in total. The highest BCUT2D eigenvalue weighted by atomic mass is 16.6. The Hall–Kier alpha value is -1.06. The minimum atomic E-state index is -0.480. The van der Waals surface area contributed by atoms with Crippen LogP contribution in [0.2, 0.25) is 0 Å². The van der Waals surface area contributed by atoms with Gasteiger partial charge in [-0.2, -0.15) is 0 Å². The van der Waals surface area contributed by atoms with Gasteiger partial charge in [0.05, 0.1) is 0 Å². The number of hydrogen-bond acceptors (Lipinski definition) is 3. The number of ketones is 1. The molecule has 0 aromatic rings. The van der Waals surface area contributed by atoms with Gasteiger partial charge in [0, 0.05) is 19.0 Å². The zero-order valence-electron chi connectivity index (χ0n) is 11.4. The monoisotopic (exact) mass is 241 g/mol. The molecule has 4 heteroatoms. The lowest BCUT2D eigenvalue weighted by Gasteiger charge is -2.36. The number of rotatable bonds is 1. The van der Waals surface area contributed by atoms with Crippen LogP contribution in [-0.2, 0) is 9.53 Å². The third-order valence-electron chi connectivity index (χ3n) is 3.13. The number of nitrogens with zero attached hydrogens (tertiary/aromatic N) is 1. The van der Waals surface area contributed by atoms with Crippen molar-refractivity contribution in [1.29, 1.82) is 0 Å². The van der Waals surface area contributed by atoms with E-state index in [1.807, 2.05) is 20.8 Å². The summed E-state index contributed by atoms with van der Waals surface area (Å²) in [5.74, 6) is 0.466. The maximum Gasteiger partial charge on any atom is 0.410 e. The van der Waals surface area contributed by atoms with E-state index in [0.29, 0.717) is 19.0 Å². The predicted octanol–water partition coefficient (Wildman–Crippen LogP) is 2.47. The summed E-state index contributed by atoms with van der Waals surface area (Å²) in [4.78, 5) is 25.0. The third kappa shape index (κ3) is 4.02. The van der Waals surface area contributed by atoms with E-state index in [-0.39, 0.29) is 17.8 Å². The molecule has 1 amide bonds. The van der Waals surface area contributed by atoms with E-state index >= 15 is 0 Å². The van der Waals surface area contributed by atoms with Crippen molar-refractivity contribution in [2.75, 3.05) is 13.1 Å². The Morgan fingerprint density at radius 2 is 1.88 bits per heavy atom. The summed E-state index contributed by atoms with van der Waals surface area (Å²) in [6.45, 7) is 10.4. The maximum atomic E-state index is 11.9. The van der Waals surface area contributed by atoms with Crippen molar-refractivity contribution in [3.8, 4) is 0 Å². The predicted molar refractivity (Wildman–Crippen MR) is 65.8 cm³/mol. The minimum absolute atomic E-state index is 0.0451. The number of piperidine rings is 1. The molecule has 0 aromatic carbocycles. The van der Waals surface area contributed by atoms with Gasteiger partial charge in [0.2, 0.25) is 0 Å². The Morgan fingerprint density at radius 1 is 1.29 bits per heavy atom. The van der Waals surface area contributed by atoms with E-state index in [0.717, 1.165) is 6.42 Å². The molecule has 1 fully saturated rings. The molecule has 0 spiro atoms. The van der Waals surface area contributed by atoms with Gasteiger partial charge < -0.3 is 9.64 Å². The Bertz CT molecular complexity index is 306. The molecule has 1 saturated heterocycles. The van der Waals surface area contributed by atoms with E-state index in [1.54, 1.807) is 11.8 Å². The van der Waals surface area contributed by atoms with Crippen molar-refractivity contribution >= 4 is 11.9 Å². The second-order valence-corrected chi connectivity index (χ2v) is 5.91. The SMILES string of the molecule is CC(=O)[C@@H]1CN(C(=O)OC(C)(C)C)CC[C@H]1C. The zero-order chi connectivity index (χ0) is 13.2. The van der Waals surface area contributed by atoms with Gasteiger partial charge in [-0.15, -0.1) is 0 Å². The number of likely N-dealkylation sites (tertiary alicyclic amines) is 1.